The van der Waals surface area contributed by atoms with Crippen LogP contribution in [0.3, 0.4) is 0 Å². The Balaban J connectivity index is 2.45. The highest BCUT2D eigenvalue weighted by Gasteiger charge is 2.20. The third-order valence-electron chi connectivity index (χ3n) is 4.03. The first-order valence-electron chi connectivity index (χ1n) is 6.62. The maximum atomic E-state index is 9.63. The van der Waals surface area contributed by atoms with Gasteiger partial charge in [-0.05, 0) is 23.8 Å². The van der Waals surface area contributed by atoms with E-state index in [1.165, 1.54) is 27.2 Å². The first-order chi connectivity index (χ1) is 10.3. The van der Waals surface area contributed by atoms with Crippen molar-refractivity contribution in [1.82, 2.24) is 4.57 Å². The number of hydrogen-bond donors (Lipinski definition) is 0. The Morgan fingerprint density at radius 3 is 2.76 bits per heavy atom. The SMILES string of the molecule is CSc1c(C#N)c2sccc2c2c3ccccc3n(C)c12. The molecular weight excluding hydrogens is 296 g/mol. The van der Waals surface area contributed by atoms with Crippen LogP contribution in [-0.4, -0.2) is 10.8 Å². The first kappa shape index (κ1) is 12.8. The Morgan fingerprint density at radius 1 is 1.19 bits per heavy atom. The lowest BCUT2D eigenvalue weighted by molar-refractivity contribution is 1.00. The van der Waals surface area contributed by atoms with Crippen LogP contribution >= 0.6 is 23.1 Å². The van der Waals surface area contributed by atoms with Crippen molar-refractivity contribution in [2.45, 2.75) is 4.90 Å². The van der Waals surface area contributed by atoms with Gasteiger partial charge in [-0.25, -0.2) is 0 Å². The van der Waals surface area contributed by atoms with Crippen LogP contribution in [0.15, 0.2) is 40.6 Å². The molecule has 0 atom stereocenters. The van der Waals surface area contributed by atoms with Gasteiger partial charge in [-0.15, -0.1) is 23.1 Å². The van der Waals surface area contributed by atoms with Crippen molar-refractivity contribution < 1.29 is 0 Å². The number of rotatable bonds is 1. The van der Waals surface area contributed by atoms with E-state index in [9.17, 15) is 5.26 Å². The van der Waals surface area contributed by atoms with Crippen molar-refractivity contribution in [3.63, 3.8) is 0 Å². The van der Waals surface area contributed by atoms with Gasteiger partial charge in [-0.3, -0.25) is 0 Å². The van der Waals surface area contributed by atoms with E-state index >= 15 is 0 Å². The van der Waals surface area contributed by atoms with E-state index in [0.29, 0.717) is 0 Å². The minimum absolute atomic E-state index is 0.811. The molecule has 0 saturated heterocycles. The van der Waals surface area contributed by atoms with Crippen molar-refractivity contribution in [3.8, 4) is 6.07 Å². The summed E-state index contributed by atoms with van der Waals surface area (Å²) in [6.07, 6.45) is 2.05. The second kappa shape index (κ2) is 4.52. The molecule has 0 radical (unpaired) electrons. The lowest BCUT2D eigenvalue weighted by Gasteiger charge is -2.08. The van der Waals surface area contributed by atoms with Crippen LogP contribution < -0.4 is 0 Å². The van der Waals surface area contributed by atoms with Gasteiger partial charge in [0.2, 0.25) is 0 Å². The Kier molecular flexibility index (Phi) is 2.75. The van der Waals surface area contributed by atoms with Gasteiger partial charge in [0.1, 0.15) is 6.07 Å². The number of para-hydroxylation sites is 1. The molecule has 0 aliphatic heterocycles. The van der Waals surface area contributed by atoms with Crippen LogP contribution in [-0.2, 0) is 7.05 Å². The molecule has 2 heterocycles. The number of aromatic nitrogens is 1. The molecule has 0 unspecified atom stereocenters. The lowest BCUT2D eigenvalue weighted by atomic mass is 10.1. The molecule has 2 nitrogen and oxygen atoms in total. The zero-order valence-corrected chi connectivity index (χ0v) is 13.3. The second-order valence-electron chi connectivity index (χ2n) is 4.98. The van der Waals surface area contributed by atoms with Crippen molar-refractivity contribution in [3.05, 3.63) is 41.3 Å². The summed E-state index contributed by atoms with van der Waals surface area (Å²) in [6.45, 7) is 0. The maximum Gasteiger partial charge on any atom is 0.102 e. The summed E-state index contributed by atoms with van der Waals surface area (Å²) in [7, 11) is 2.09. The number of nitriles is 1. The molecule has 4 heteroatoms. The molecule has 0 N–H and O–H groups in total. The van der Waals surface area contributed by atoms with Crippen LogP contribution in [0.5, 0.6) is 0 Å². The van der Waals surface area contributed by atoms with Gasteiger partial charge < -0.3 is 4.57 Å². The fraction of sp³-hybridized carbons (Fsp3) is 0.118. The van der Waals surface area contributed by atoms with Gasteiger partial charge in [-0.1, -0.05) is 18.2 Å². The average Bonchev–Trinajstić information content (AvgIpc) is 3.10. The second-order valence-corrected chi connectivity index (χ2v) is 6.72. The molecule has 21 heavy (non-hydrogen) atoms. The molecule has 0 aliphatic rings. The van der Waals surface area contributed by atoms with Crippen LogP contribution in [0.2, 0.25) is 0 Å². The Morgan fingerprint density at radius 2 is 2.00 bits per heavy atom. The first-order valence-corrected chi connectivity index (χ1v) is 8.72. The van der Waals surface area contributed by atoms with E-state index in [2.05, 4.69) is 53.4 Å². The molecule has 2 aromatic carbocycles. The highest BCUT2D eigenvalue weighted by Crippen LogP contribution is 2.43. The largest absolute Gasteiger partial charge is 0.343 e. The fourth-order valence-corrected chi connectivity index (χ4v) is 4.90. The molecule has 4 rings (SSSR count). The predicted molar refractivity (Wildman–Crippen MR) is 92.3 cm³/mol. The summed E-state index contributed by atoms with van der Waals surface area (Å²) >= 11 is 3.32. The van der Waals surface area contributed by atoms with Crippen molar-refractivity contribution in [2.24, 2.45) is 7.05 Å². The standard InChI is InChI=1S/C17H12N2S2/c1-19-13-6-4-3-5-10(13)14-11-7-8-21-16(11)12(9-18)17(20-2)15(14)19/h3-8H,1-2H3. The molecule has 0 aliphatic carbocycles. The third kappa shape index (κ3) is 1.53. The summed E-state index contributed by atoms with van der Waals surface area (Å²) in [5.74, 6) is 0. The van der Waals surface area contributed by atoms with Gasteiger partial charge in [0.15, 0.2) is 0 Å². The molecule has 0 bridgehead atoms. The van der Waals surface area contributed by atoms with E-state index in [1.54, 1.807) is 23.1 Å². The third-order valence-corrected chi connectivity index (χ3v) is 5.76. The number of thioether (sulfide) groups is 1. The molecule has 4 aromatic rings. The zero-order valence-electron chi connectivity index (χ0n) is 11.7. The zero-order chi connectivity index (χ0) is 14.6. The molecule has 0 amide bonds. The Bertz CT molecular complexity index is 1050. The summed E-state index contributed by atoms with van der Waals surface area (Å²) < 4.78 is 3.32. The number of hydrogen-bond acceptors (Lipinski definition) is 3. The highest BCUT2D eigenvalue weighted by molar-refractivity contribution is 7.99. The monoisotopic (exact) mass is 308 g/mol. The van der Waals surface area contributed by atoms with E-state index < -0.39 is 0 Å². The summed E-state index contributed by atoms with van der Waals surface area (Å²) in [4.78, 5) is 1.08. The number of fused-ring (bicyclic) bond motifs is 5. The summed E-state index contributed by atoms with van der Waals surface area (Å²) in [6, 6.07) is 13.0. The topological polar surface area (TPSA) is 28.7 Å². The number of thiophene rings is 1. The quantitative estimate of drug-likeness (QED) is 0.456. The van der Waals surface area contributed by atoms with E-state index in [-0.39, 0.29) is 0 Å². The Labute approximate surface area is 130 Å². The molecule has 0 spiro atoms. The van der Waals surface area contributed by atoms with Crippen LogP contribution in [0.1, 0.15) is 5.56 Å². The fourth-order valence-electron chi connectivity index (χ4n) is 3.15. The number of nitrogens with zero attached hydrogens (tertiary/aromatic N) is 2. The van der Waals surface area contributed by atoms with Gasteiger partial charge in [0.05, 0.1) is 20.7 Å². The maximum absolute atomic E-state index is 9.63. The van der Waals surface area contributed by atoms with E-state index in [0.717, 1.165) is 15.2 Å². The smallest absolute Gasteiger partial charge is 0.102 e. The van der Waals surface area contributed by atoms with E-state index in [4.69, 9.17) is 0 Å². The van der Waals surface area contributed by atoms with E-state index in [1.807, 2.05) is 6.26 Å². The van der Waals surface area contributed by atoms with Crippen molar-refractivity contribution >= 4 is 55.0 Å². The minimum Gasteiger partial charge on any atom is -0.343 e. The van der Waals surface area contributed by atoms with Crippen LogP contribution in [0.25, 0.3) is 31.9 Å². The minimum atomic E-state index is 0.811. The predicted octanol–water partition coefficient (Wildman–Crippen LogP) is 5.14. The molecular formula is C17H12N2S2. The molecule has 0 saturated carbocycles. The summed E-state index contributed by atoms with van der Waals surface area (Å²) in [5, 5.41) is 15.4. The van der Waals surface area contributed by atoms with Crippen LogP contribution in [0, 0.1) is 11.3 Å². The van der Waals surface area contributed by atoms with Crippen molar-refractivity contribution in [2.75, 3.05) is 6.26 Å². The van der Waals surface area contributed by atoms with Gasteiger partial charge in [-0.2, -0.15) is 5.26 Å². The van der Waals surface area contributed by atoms with Crippen LogP contribution in [0.4, 0.5) is 0 Å². The molecule has 0 fully saturated rings. The van der Waals surface area contributed by atoms with Gasteiger partial charge >= 0.3 is 0 Å². The number of aryl methyl sites for hydroxylation is 1. The highest BCUT2D eigenvalue weighted by atomic mass is 32.2. The lowest BCUT2D eigenvalue weighted by Crippen LogP contribution is -1.91. The van der Waals surface area contributed by atoms with Crippen molar-refractivity contribution in [1.29, 1.82) is 5.26 Å². The number of benzene rings is 2. The summed E-state index contributed by atoms with van der Waals surface area (Å²) in [5.41, 5.74) is 3.20. The van der Waals surface area contributed by atoms with Gasteiger partial charge in [0, 0.05) is 28.7 Å². The molecule has 102 valence electrons. The molecule has 2 aromatic heterocycles. The Hall–Kier alpha value is -1.96. The average molecular weight is 308 g/mol. The van der Waals surface area contributed by atoms with Gasteiger partial charge in [0.25, 0.3) is 0 Å². The normalized spacial score (nSPS) is 11.5.